The van der Waals surface area contributed by atoms with Crippen LogP contribution in [-0.4, -0.2) is 28.3 Å². The molecule has 3 atom stereocenters. The molecule has 4 heteroatoms. The minimum absolute atomic E-state index is 0.00772. The molecule has 0 unspecified atom stereocenters. The minimum Gasteiger partial charge on any atom is -0.383 e. The first kappa shape index (κ1) is 8.58. The predicted octanol–water partition coefficient (Wildman–Crippen LogP) is 1.51. The van der Waals surface area contributed by atoms with Crippen LogP contribution in [-0.2, 0) is 4.74 Å². The lowest BCUT2D eigenvalue weighted by molar-refractivity contribution is 0.109. The molecule has 0 aromatic carbocycles. The van der Waals surface area contributed by atoms with Crippen LogP contribution in [0, 0.1) is 0 Å². The average molecular weight is 348 g/mol. The number of ether oxygens (including phenoxy) is 1. The Morgan fingerprint density at radius 1 is 1.67 bits per heavy atom. The first-order chi connectivity index (χ1) is 4.24. The van der Waals surface area contributed by atoms with Crippen molar-refractivity contribution in [3.05, 3.63) is 0 Å². The molecular formula is C5H7BI2O. The third-order valence-corrected chi connectivity index (χ3v) is 3.54. The van der Waals surface area contributed by atoms with E-state index in [2.05, 4.69) is 45.2 Å². The van der Waals surface area contributed by atoms with Gasteiger partial charge in [0.25, 0.3) is 0 Å². The summed E-state index contributed by atoms with van der Waals surface area (Å²) in [5, 5.41) is 0. The topological polar surface area (TPSA) is 9.23 Å². The molecule has 0 saturated carbocycles. The lowest BCUT2D eigenvalue weighted by Crippen LogP contribution is -2.17. The quantitative estimate of drug-likeness (QED) is 0.397. The molecule has 0 aliphatic carbocycles. The van der Waals surface area contributed by atoms with Gasteiger partial charge in [0, 0.05) is 14.4 Å². The Labute approximate surface area is 84.0 Å². The van der Waals surface area contributed by atoms with Gasteiger partial charge in [0.1, 0.15) is 7.85 Å². The molecule has 1 aliphatic heterocycles. The summed E-state index contributed by atoms with van der Waals surface area (Å²) in [6.45, 7) is 0. The fourth-order valence-electron chi connectivity index (χ4n) is 0.872. The summed E-state index contributed by atoms with van der Waals surface area (Å²) >= 11 is 4.73. The van der Waals surface area contributed by atoms with Crippen LogP contribution >= 0.6 is 45.2 Å². The molecule has 0 amide bonds. The van der Waals surface area contributed by atoms with Gasteiger partial charge in [0.05, 0.1) is 6.10 Å². The second-order valence-electron chi connectivity index (χ2n) is 2.12. The van der Waals surface area contributed by atoms with Crippen molar-refractivity contribution in [2.24, 2.45) is 0 Å². The number of hydrogen-bond donors (Lipinski definition) is 0. The summed E-state index contributed by atoms with van der Waals surface area (Å²) in [5.41, 5.74) is 0. The van der Waals surface area contributed by atoms with Gasteiger partial charge in [-0.3, -0.25) is 0 Å². The number of halogens is 2. The Kier molecular flexibility index (Phi) is 3.58. The molecule has 1 aliphatic rings. The molecule has 0 bridgehead atoms. The Bertz CT molecular complexity index is 101. The van der Waals surface area contributed by atoms with Crippen molar-refractivity contribution in [3.8, 4) is 0 Å². The summed E-state index contributed by atoms with van der Waals surface area (Å²) in [6, 6.07) is -0.00772. The highest BCUT2D eigenvalue weighted by molar-refractivity contribution is 14.1. The van der Waals surface area contributed by atoms with E-state index >= 15 is 0 Å². The van der Waals surface area contributed by atoms with Crippen molar-refractivity contribution in [2.45, 2.75) is 22.5 Å². The number of hydrogen-bond acceptors (Lipinski definition) is 1. The van der Waals surface area contributed by atoms with Gasteiger partial charge >= 0.3 is 0 Å². The first-order valence-electron chi connectivity index (χ1n) is 2.85. The molecule has 50 valence electrons. The van der Waals surface area contributed by atoms with Crippen molar-refractivity contribution >= 4 is 53.0 Å². The van der Waals surface area contributed by atoms with Crippen LogP contribution in [0.4, 0.5) is 0 Å². The van der Waals surface area contributed by atoms with Gasteiger partial charge in [-0.1, -0.05) is 45.2 Å². The number of rotatable bonds is 1. The van der Waals surface area contributed by atoms with Crippen molar-refractivity contribution in [1.29, 1.82) is 0 Å². The van der Waals surface area contributed by atoms with Gasteiger partial charge in [-0.05, 0) is 6.42 Å². The van der Waals surface area contributed by atoms with Crippen LogP contribution in [0.2, 0.25) is 0 Å². The fraction of sp³-hybridized carbons (Fsp3) is 1.00. The molecule has 1 nitrogen and oxygen atoms in total. The molecule has 0 N–H and O–H groups in total. The zero-order valence-corrected chi connectivity index (χ0v) is 9.20. The second kappa shape index (κ2) is 3.76. The van der Waals surface area contributed by atoms with E-state index in [1.807, 2.05) is 0 Å². The molecule has 9 heavy (non-hydrogen) atoms. The predicted molar refractivity (Wildman–Crippen MR) is 55.7 cm³/mol. The van der Waals surface area contributed by atoms with E-state index in [-0.39, 0.29) is 6.00 Å². The van der Waals surface area contributed by atoms with E-state index < -0.39 is 0 Å². The third kappa shape index (κ3) is 2.22. The van der Waals surface area contributed by atoms with Gasteiger partial charge in [0.2, 0.25) is 0 Å². The van der Waals surface area contributed by atoms with Crippen molar-refractivity contribution in [1.82, 2.24) is 0 Å². The van der Waals surface area contributed by atoms with Gasteiger partial charge in [-0.15, -0.1) is 0 Å². The molecule has 0 spiro atoms. The van der Waals surface area contributed by atoms with Crippen LogP contribution in [0.15, 0.2) is 0 Å². The zero-order valence-electron chi connectivity index (χ0n) is 4.89. The monoisotopic (exact) mass is 348 g/mol. The fourth-order valence-corrected chi connectivity index (χ4v) is 3.59. The maximum atomic E-state index is 5.56. The van der Waals surface area contributed by atoms with Gasteiger partial charge < -0.3 is 4.74 Å². The Hall–Kier alpha value is 1.48. The highest BCUT2D eigenvalue weighted by Gasteiger charge is 2.28. The normalized spacial score (nSPS) is 43.6. The van der Waals surface area contributed by atoms with Gasteiger partial charge in [0.15, 0.2) is 0 Å². The van der Waals surface area contributed by atoms with Crippen molar-refractivity contribution in [2.75, 3.05) is 4.43 Å². The SMILES string of the molecule is [B][C@@H]1C[C@@H](I)[C@H](CI)O1. The van der Waals surface area contributed by atoms with E-state index in [9.17, 15) is 0 Å². The molecular weight excluding hydrogens is 341 g/mol. The Morgan fingerprint density at radius 2 is 2.33 bits per heavy atom. The standard InChI is InChI=1S/C5H7BI2O/c6-5-1-3(8)4(2-7)9-5/h3-5H,1-2H2/t3-,4+,5+/m1/s1. The average Bonchev–Trinajstić information content (AvgIpc) is 2.10. The first-order valence-corrected chi connectivity index (χ1v) is 5.62. The Balaban J connectivity index is 2.38. The van der Waals surface area contributed by atoms with E-state index in [1.54, 1.807) is 0 Å². The van der Waals surface area contributed by atoms with Crippen LogP contribution in [0.3, 0.4) is 0 Å². The summed E-state index contributed by atoms with van der Waals surface area (Å²) in [4.78, 5) is 0. The van der Waals surface area contributed by atoms with Crippen molar-refractivity contribution < 1.29 is 4.74 Å². The summed E-state index contributed by atoms with van der Waals surface area (Å²) in [6.07, 6.45) is 1.40. The zero-order chi connectivity index (χ0) is 6.85. The largest absolute Gasteiger partial charge is 0.383 e. The number of alkyl halides is 2. The Morgan fingerprint density at radius 3 is 2.56 bits per heavy atom. The van der Waals surface area contributed by atoms with E-state index in [1.165, 1.54) is 0 Å². The maximum Gasteiger partial charge on any atom is 0.109 e. The highest BCUT2D eigenvalue weighted by atomic mass is 127. The van der Waals surface area contributed by atoms with Gasteiger partial charge in [-0.2, -0.15) is 0 Å². The molecule has 0 aromatic rings. The summed E-state index contributed by atoms with van der Waals surface area (Å²) in [7, 11) is 5.56. The molecule has 1 saturated heterocycles. The van der Waals surface area contributed by atoms with E-state index in [4.69, 9.17) is 12.6 Å². The molecule has 1 rings (SSSR count). The maximum absolute atomic E-state index is 5.56. The highest BCUT2D eigenvalue weighted by Crippen LogP contribution is 2.26. The molecule has 0 aromatic heterocycles. The van der Waals surface area contributed by atoms with E-state index in [0.29, 0.717) is 10.0 Å². The third-order valence-electron chi connectivity index (χ3n) is 1.36. The van der Waals surface area contributed by atoms with Crippen LogP contribution in [0.1, 0.15) is 6.42 Å². The smallest absolute Gasteiger partial charge is 0.109 e. The van der Waals surface area contributed by atoms with E-state index in [0.717, 1.165) is 10.8 Å². The molecule has 1 heterocycles. The summed E-state index contributed by atoms with van der Waals surface area (Å²) < 4.78 is 7.06. The van der Waals surface area contributed by atoms with Crippen LogP contribution in [0.25, 0.3) is 0 Å². The second-order valence-corrected chi connectivity index (χ2v) is 4.60. The molecule has 2 radical (unpaired) electrons. The van der Waals surface area contributed by atoms with Crippen LogP contribution < -0.4 is 0 Å². The lowest BCUT2D eigenvalue weighted by Gasteiger charge is -2.08. The minimum atomic E-state index is -0.00772. The molecule has 1 fully saturated rings. The van der Waals surface area contributed by atoms with Crippen molar-refractivity contribution in [3.63, 3.8) is 0 Å². The lowest BCUT2D eigenvalue weighted by atomic mass is 9.97. The van der Waals surface area contributed by atoms with Gasteiger partial charge in [-0.25, -0.2) is 0 Å². The summed E-state index contributed by atoms with van der Waals surface area (Å²) in [5.74, 6) is 0. The van der Waals surface area contributed by atoms with Crippen LogP contribution in [0.5, 0.6) is 0 Å².